The van der Waals surface area contributed by atoms with Crippen LogP contribution in [0.5, 0.6) is 5.75 Å². The number of phenolic OH excluding ortho intramolecular Hbond substituents is 1. The van der Waals surface area contributed by atoms with E-state index in [1.165, 1.54) is 12.1 Å². The predicted molar refractivity (Wildman–Crippen MR) is 110 cm³/mol. The fraction of sp³-hybridized carbons (Fsp3) is 0. The normalized spacial score (nSPS) is 11.1. The SMILES string of the molecule is O=C(/C=C/c1cn(-c2ccccc2)nc1-c1ccccc1)c1cc(F)ccc1O. The number of para-hydroxylation sites is 1. The zero-order chi connectivity index (χ0) is 20.2. The third kappa shape index (κ3) is 3.99. The molecule has 0 saturated heterocycles. The summed E-state index contributed by atoms with van der Waals surface area (Å²) < 4.78 is 15.2. The third-order valence-electron chi connectivity index (χ3n) is 4.45. The van der Waals surface area contributed by atoms with Crippen molar-refractivity contribution >= 4 is 11.9 Å². The van der Waals surface area contributed by atoms with Gasteiger partial charge in [-0.3, -0.25) is 4.79 Å². The number of hydrogen-bond donors (Lipinski definition) is 1. The lowest BCUT2D eigenvalue weighted by Gasteiger charge is -2.01. The fourth-order valence-electron chi connectivity index (χ4n) is 3.00. The second kappa shape index (κ2) is 7.94. The number of phenols is 1. The predicted octanol–water partition coefficient (Wildman–Crippen LogP) is 5.28. The molecule has 0 amide bonds. The zero-order valence-electron chi connectivity index (χ0n) is 15.4. The number of aromatic hydroxyl groups is 1. The molecule has 0 aliphatic rings. The highest BCUT2D eigenvalue weighted by Gasteiger charge is 2.13. The van der Waals surface area contributed by atoms with Gasteiger partial charge in [0, 0.05) is 17.3 Å². The second-order valence-corrected chi connectivity index (χ2v) is 6.44. The van der Waals surface area contributed by atoms with Gasteiger partial charge in [0.2, 0.25) is 0 Å². The number of carbonyl (C=O) groups is 1. The van der Waals surface area contributed by atoms with E-state index >= 15 is 0 Å². The van der Waals surface area contributed by atoms with Gasteiger partial charge >= 0.3 is 0 Å². The van der Waals surface area contributed by atoms with Gasteiger partial charge in [-0.05, 0) is 42.5 Å². The standard InChI is InChI=1S/C24H17FN2O2/c25-19-12-14-23(29)21(15-19)22(28)13-11-18-16-27(20-9-5-2-6-10-20)26-24(18)17-7-3-1-4-8-17/h1-16,29H/b13-11+. The van der Waals surface area contributed by atoms with Crippen LogP contribution >= 0.6 is 0 Å². The van der Waals surface area contributed by atoms with Gasteiger partial charge in [-0.25, -0.2) is 9.07 Å². The van der Waals surface area contributed by atoms with Crippen LogP contribution in [-0.2, 0) is 0 Å². The van der Waals surface area contributed by atoms with Crippen molar-refractivity contribution in [1.29, 1.82) is 0 Å². The molecule has 0 spiro atoms. The van der Waals surface area contributed by atoms with E-state index in [-0.39, 0.29) is 11.3 Å². The van der Waals surface area contributed by atoms with Crippen LogP contribution in [0, 0.1) is 5.82 Å². The first-order valence-corrected chi connectivity index (χ1v) is 9.03. The quantitative estimate of drug-likeness (QED) is 0.376. The molecule has 1 heterocycles. The molecule has 0 aliphatic carbocycles. The maximum Gasteiger partial charge on any atom is 0.189 e. The van der Waals surface area contributed by atoms with Crippen LogP contribution in [0.1, 0.15) is 15.9 Å². The first-order valence-electron chi connectivity index (χ1n) is 9.03. The first kappa shape index (κ1) is 18.4. The number of benzene rings is 3. The maximum atomic E-state index is 13.4. The molecule has 0 aliphatic heterocycles. The van der Waals surface area contributed by atoms with Crippen molar-refractivity contribution in [1.82, 2.24) is 9.78 Å². The largest absolute Gasteiger partial charge is 0.507 e. The summed E-state index contributed by atoms with van der Waals surface area (Å²) in [5.41, 5.74) is 3.14. The van der Waals surface area contributed by atoms with E-state index < -0.39 is 11.6 Å². The van der Waals surface area contributed by atoms with Crippen LogP contribution in [0.4, 0.5) is 4.39 Å². The topological polar surface area (TPSA) is 55.1 Å². The minimum atomic E-state index is -0.582. The first-order chi connectivity index (χ1) is 14.1. The molecule has 3 aromatic carbocycles. The van der Waals surface area contributed by atoms with Gasteiger partial charge in [0.25, 0.3) is 0 Å². The molecule has 0 atom stereocenters. The number of aromatic nitrogens is 2. The summed E-state index contributed by atoms with van der Waals surface area (Å²) in [4.78, 5) is 12.5. The minimum absolute atomic E-state index is 0.0852. The Balaban J connectivity index is 1.74. The van der Waals surface area contributed by atoms with Crippen molar-refractivity contribution < 1.29 is 14.3 Å². The van der Waals surface area contributed by atoms with E-state index in [9.17, 15) is 14.3 Å². The molecule has 1 aromatic heterocycles. The van der Waals surface area contributed by atoms with Crippen LogP contribution in [-0.4, -0.2) is 20.7 Å². The number of hydrogen-bond acceptors (Lipinski definition) is 3. The van der Waals surface area contributed by atoms with Gasteiger partial charge in [-0.15, -0.1) is 0 Å². The summed E-state index contributed by atoms with van der Waals surface area (Å²) in [6, 6.07) is 22.6. The number of rotatable bonds is 5. The summed E-state index contributed by atoms with van der Waals surface area (Å²) in [6.07, 6.45) is 4.77. The van der Waals surface area contributed by atoms with Crippen molar-refractivity contribution in [2.75, 3.05) is 0 Å². The highest BCUT2D eigenvalue weighted by atomic mass is 19.1. The average Bonchev–Trinajstić information content (AvgIpc) is 3.19. The Morgan fingerprint density at radius 3 is 2.38 bits per heavy atom. The number of nitrogens with zero attached hydrogens (tertiary/aromatic N) is 2. The van der Waals surface area contributed by atoms with Crippen LogP contribution in [0.3, 0.4) is 0 Å². The molecule has 4 aromatic rings. The number of carbonyl (C=O) groups excluding carboxylic acids is 1. The molecule has 0 saturated carbocycles. The maximum absolute atomic E-state index is 13.4. The molecular weight excluding hydrogens is 367 g/mol. The zero-order valence-corrected chi connectivity index (χ0v) is 15.4. The van der Waals surface area contributed by atoms with Crippen molar-refractivity contribution in [3.63, 3.8) is 0 Å². The molecular formula is C24H17FN2O2. The molecule has 0 radical (unpaired) electrons. The monoisotopic (exact) mass is 384 g/mol. The summed E-state index contributed by atoms with van der Waals surface area (Å²) >= 11 is 0. The van der Waals surface area contributed by atoms with Crippen LogP contribution in [0.15, 0.2) is 91.1 Å². The summed E-state index contributed by atoms with van der Waals surface area (Å²) in [5, 5.41) is 14.5. The molecule has 0 fully saturated rings. The van der Waals surface area contributed by atoms with E-state index in [2.05, 4.69) is 5.10 Å². The van der Waals surface area contributed by atoms with E-state index in [4.69, 9.17) is 0 Å². The Morgan fingerprint density at radius 2 is 1.66 bits per heavy atom. The lowest BCUT2D eigenvalue weighted by atomic mass is 10.1. The molecule has 29 heavy (non-hydrogen) atoms. The number of allylic oxidation sites excluding steroid dienone is 1. The van der Waals surface area contributed by atoms with E-state index in [1.54, 1.807) is 10.8 Å². The van der Waals surface area contributed by atoms with E-state index in [1.807, 2.05) is 66.9 Å². The van der Waals surface area contributed by atoms with Gasteiger partial charge < -0.3 is 5.11 Å². The Labute approximate surface area is 167 Å². The van der Waals surface area contributed by atoms with Crippen LogP contribution in [0.25, 0.3) is 23.0 Å². The summed E-state index contributed by atoms with van der Waals surface area (Å²) in [6.45, 7) is 0. The lowest BCUT2D eigenvalue weighted by molar-refractivity contribution is 0.104. The van der Waals surface area contributed by atoms with Crippen LogP contribution in [0.2, 0.25) is 0 Å². The molecule has 0 bridgehead atoms. The summed E-state index contributed by atoms with van der Waals surface area (Å²) in [5.74, 6) is -1.33. The van der Waals surface area contributed by atoms with Gasteiger partial charge in [0.05, 0.1) is 16.9 Å². The Hall–Kier alpha value is -3.99. The van der Waals surface area contributed by atoms with Crippen molar-refractivity contribution in [2.45, 2.75) is 0 Å². The third-order valence-corrected chi connectivity index (χ3v) is 4.45. The van der Waals surface area contributed by atoms with Gasteiger partial charge in [0.15, 0.2) is 5.78 Å². The smallest absolute Gasteiger partial charge is 0.189 e. The van der Waals surface area contributed by atoms with E-state index in [0.29, 0.717) is 5.69 Å². The van der Waals surface area contributed by atoms with E-state index in [0.717, 1.165) is 28.9 Å². The summed E-state index contributed by atoms with van der Waals surface area (Å²) in [7, 11) is 0. The minimum Gasteiger partial charge on any atom is -0.507 e. The Kier molecular flexibility index (Phi) is 5.03. The van der Waals surface area contributed by atoms with Crippen molar-refractivity contribution in [3.8, 4) is 22.7 Å². The second-order valence-electron chi connectivity index (χ2n) is 6.44. The average molecular weight is 384 g/mol. The van der Waals surface area contributed by atoms with Crippen molar-refractivity contribution in [2.24, 2.45) is 0 Å². The Morgan fingerprint density at radius 1 is 0.966 bits per heavy atom. The van der Waals surface area contributed by atoms with Gasteiger partial charge in [-0.1, -0.05) is 48.5 Å². The highest BCUT2D eigenvalue weighted by molar-refractivity contribution is 6.08. The lowest BCUT2D eigenvalue weighted by Crippen LogP contribution is -1.96. The van der Waals surface area contributed by atoms with Crippen LogP contribution < -0.4 is 0 Å². The van der Waals surface area contributed by atoms with Gasteiger partial charge in [-0.2, -0.15) is 5.10 Å². The number of ketones is 1. The van der Waals surface area contributed by atoms with Gasteiger partial charge in [0.1, 0.15) is 11.6 Å². The molecule has 1 N–H and O–H groups in total. The molecule has 4 nitrogen and oxygen atoms in total. The fourth-order valence-corrected chi connectivity index (χ4v) is 3.00. The highest BCUT2D eigenvalue weighted by Crippen LogP contribution is 2.25. The Bertz CT molecular complexity index is 1180. The molecule has 4 rings (SSSR count). The molecule has 142 valence electrons. The van der Waals surface area contributed by atoms with Crippen molar-refractivity contribution in [3.05, 3.63) is 108 Å². The number of halogens is 1. The molecule has 5 heteroatoms. The molecule has 0 unspecified atom stereocenters.